The summed E-state index contributed by atoms with van der Waals surface area (Å²) in [4.78, 5) is 5.79. The molecule has 0 spiro atoms. The van der Waals surface area contributed by atoms with Gasteiger partial charge in [0.2, 0.25) is 0 Å². The van der Waals surface area contributed by atoms with Gasteiger partial charge in [0, 0.05) is 19.3 Å². The SMILES string of the molecule is CCC1(N)CN(c2ncc(Cl)cc2F)C1. The van der Waals surface area contributed by atoms with E-state index in [2.05, 4.69) is 4.98 Å². The molecular formula is C10H13ClFN3. The monoisotopic (exact) mass is 229 g/mol. The van der Waals surface area contributed by atoms with Crippen molar-refractivity contribution in [3.8, 4) is 0 Å². The maximum Gasteiger partial charge on any atom is 0.167 e. The lowest BCUT2D eigenvalue weighted by atomic mass is 9.88. The smallest absolute Gasteiger partial charge is 0.167 e. The zero-order chi connectivity index (χ0) is 11.1. The van der Waals surface area contributed by atoms with Gasteiger partial charge in [0.25, 0.3) is 0 Å². The van der Waals surface area contributed by atoms with Crippen LogP contribution in [0.2, 0.25) is 5.02 Å². The molecule has 0 bridgehead atoms. The molecule has 0 aliphatic carbocycles. The summed E-state index contributed by atoms with van der Waals surface area (Å²) in [6, 6.07) is 1.27. The minimum Gasteiger partial charge on any atom is -0.350 e. The quantitative estimate of drug-likeness (QED) is 0.841. The van der Waals surface area contributed by atoms with Gasteiger partial charge < -0.3 is 10.6 Å². The van der Waals surface area contributed by atoms with Gasteiger partial charge in [-0.05, 0) is 12.5 Å². The molecule has 2 heterocycles. The van der Waals surface area contributed by atoms with Gasteiger partial charge in [0.15, 0.2) is 11.6 Å². The van der Waals surface area contributed by atoms with Crippen molar-refractivity contribution in [2.24, 2.45) is 5.73 Å². The molecule has 2 rings (SSSR count). The first kappa shape index (κ1) is 10.6. The van der Waals surface area contributed by atoms with Crippen molar-refractivity contribution in [2.75, 3.05) is 18.0 Å². The Bertz CT molecular complexity index is 377. The Morgan fingerprint density at radius 3 is 2.87 bits per heavy atom. The Labute approximate surface area is 93.0 Å². The summed E-state index contributed by atoms with van der Waals surface area (Å²) >= 11 is 5.62. The first-order valence-corrected chi connectivity index (χ1v) is 5.27. The van der Waals surface area contributed by atoms with E-state index in [1.54, 1.807) is 0 Å². The lowest BCUT2D eigenvalue weighted by molar-refractivity contribution is 0.317. The zero-order valence-electron chi connectivity index (χ0n) is 8.50. The molecule has 1 fully saturated rings. The van der Waals surface area contributed by atoms with Crippen molar-refractivity contribution in [1.29, 1.82) is 0 Å². The van der Waals surface area contributed by atoms with E-state index < -0.39 is 0 Å². The minimum atomic E-state index is -0.388. The number of nitrogens with two attached hydrogens (primary N) is 1. The molecule has 0 amide bonds. The van der Waals surface area contributed by atoms with Gasteiger partial charge in [-0.25, -0.2) is 9.37 Å². The summed E-state index contributed by atoms with van der Waals surface area (Å²) in [5.41, 5.74) is 5.81. The predicted octanol–water partition coefficient (Wildman–Crippen LogP) is 1.80. The molecule has 1 aliphatic rings. The van der Waals surface area contributed by atoms with E-state index in [4.69, 9.17) is 17.3 Å². The molecule has 1 aliphatic heterocycles. The average Bonchev–Trinajstić information content (AvgIpc) is 2.14. The number of anilines is 1. The fourth-order valence-corrected chi connectivity index (χ4v) is 1.87. The molecule has 2 N–H and O–H groups in total. The van der Waals surface area contributed by atoms with E-state index in [9.17, 15) is 4.39 Å². The molecule has 1 aromatic rings. The summed E-state index contributed by atoms with van der Waals surface area (Å²) in [5.74, 6) is -0.0467. The van der Waals surface area contributed by atoms with E-state index in [0.29, 0.717) is 23.9 Å². The van der Waals surface area contributed by atoms with E-state index in [1.165, 1.54) is 12.3 Å². The highest BCUT2D eigenvalue weighted by Crippen LogP contribution is 2.29. The molecule has 0 unspecified atom stereocenters. The molecule has 1 saturated heterocycles. The Morgan fingerprint density at radius 1 is 1.67 bits per heavy atom. The van der Waals surface area contributed by atoms with Crippen LogP contribution in [0.25, 0.3) is 0 Å². The van der Waals surface area contributed by atoms with Crippen LogP contribution in [-0.2, 0) is 0 Å². The van der Waals surface area contributed by atoms with Gasteiger partial charge in [-0.2, -0.15) is 0 Å². The summed E-state index contributed by atoms with van der Waals surface area (Å²) < 4.78 is 13.4. The van der Waals surface area contributed by atoms with Crippen molar-refractivity contribution in [3.63, 3.8) is 0 Å². The second-order valence-corrected chi connectivity index (χ2v) is 4.47. The van der Waals surface area contributed by atoms with Crippen LogP contribution in [0.4, 0.5) is 10.2 Å². The standard InChI is InChI=1S/C10H13ClFN3/c1-2-10(13)5-15(6-10)9-8(12)3-7(11)4-14-9/h3-4H,2,5-6,13H2,1H3. The molecule has 82 valence electrons. The van der Waals surface area contributed by atoms with Gasteiger partial charge in [-0.3, -0.25) is 0 Å². The maximum atomic E-state index is 13.4. The number of halogens is 2. The number of nitrogens with zero attached hydrogens (tertiary/aromatic N) is 2. The topological polar surface area (TPSA) is 42.1 Å². The first-order valence-electron chi connectivity index (χ1n) is 4.89. The second-order valence-electron chi connectivity index (χ2n) is 4.03. The van der Waals surface area contributed by atoms with Crippen molar-refractivity contribution in [1.82, 2.24) is 4.98 Å². The number of aromatic nitrogens is 1. The van der Waals surface area contributed by atoms with Crippen molar-refractivity contribution in [2.45, 2.75) is 18.9 Å². The van der Waals surface area contributed by atoms with Crippen LogP contribution in [0, 0.1) is 5.82 Å². The van der Waals surface area contributed by atoms with Crippen molar-refractivity contribution >= 4 is 17.4 Å². The van der Waals surface area contributed by atoms with Crippen LogP contribution >= 0.6 is 11.6 Å². The third-order valence-electron chi connectivity index (χ3n) is 2.80. The highest BCUT2D eigenvalue weighted by molar-refractivity contribution is 6.30. The van der Waals surface area contributed by atoms with Gasteiger partial charge in [0.1, 0.15) is 0 Å². The van der Waals surface area contributed by atoms with E-state index in [-0.39, 0.29) is 11.4 Å². The summed E-state index contributed by atoms with van der Waals surface area (Å²) in [7, 11) is 0. The fourth-order valence-electron chi connectivity index (χ4n) is 1.73. The van der Waals surface area contributed by atoms with E-state index in [0.717, 1.165) is 6.42 Å². The van der Waals surface area contributed by atoms with Crippen LogP contribution in [0.3, 0.4) is 0 Å². The van der Waals surface area contributed by atoms with Gasteiger partial charge in [-0.15, -0.1) is 0 Å². The summed E-state index contributed by atoms with van der Waals surface area (Å²) in [6.07, 6.45) is 2.33. The Kier molecular flexibility index (Phi) is 2.56. The van der Waals surface area contributed by atoms with E-state index >= 15 is 0 Å². The second kappa shape index (κ2) is 3.61. The number of hydrogen-bond acceptors (Lipinski definition) is 3. The minimum absolute atomic E-state index is 0.187. The lowest BCUT2D eigenvalue weighted by Crippen LogP contribution is -2.67. The van der Waals surface area contributed by atoms with Crippen molar-refractivity contribution in [3.05, 3.63) is 23.1 Å². The van der Waals surface area contributed by atoms with Gasteiger partial charge in [-0.1, -0.05) is 18.5 Å². The van der Waals surface area contributed by atoms with E-state index in [1.807, 2.05) is 11.8 Å². The fraction of sp³-hybridized carbons (Fsp3) is 0.500. The number of hydrogen-bond donors (Lipinski definition) is 1. The first-order chi connectivity index (χ1) is 7.04. The van der Waals surface area contributed by atoms with Crippen LogP contribution in [-0.4, -0.2) is 23.6 Å². The largest absolute Gasteiger partial charge is 0.350 e. The van der Waals surface area contributed by atoms with Crippen LogP contribution in [0.1, 0.15) is 13.3 Å². The molecule has 0 atom stereocenters. The average molecular weight is 230 g/mol. The molecule has 0 saturated carbocycles. The van der Waals surface area contributed by atoms with Crippen LogP contribution < -0.4 is 10.6 Å². The zero-order valence-corrected chi connectivity index (χ0v) is 9.26. The number of rotatable bonds is 2. The molecule has 0 radical (unpaired) electrons. The highest BCUT2D eigenvalue weighted by Gasteiger charge is 2.39. The molecule has 3 nitrogen and oxygen atoms in total. The van der Waals surface area contributed by atoms with Gasteiger partial charge in [0.05, 0.1) is 10.6 Å². The number of pyridine rings is 1. The predicted molar refractivity (Wildman–Crippen MR) is 58.6 cm³/mol. The maximum absolute atomic E-state index is 13.4. The normalized spacial score (nSPS) is 18.8. The molecule has 15 heavy (non-hydrogen) atoms. The Morgan fingerprint density at radius 2 is 2.33 bits per heavy atom. The molecule has 5 heteroatoms. The van der Waals surface area contributed by atoms with Crippen LogP contribution in [0.5, 0.6) is 0 Å². The third kappa shape index (κ3) is 1.92. The molecule has 0 aromatic carbocycles. The Hall–Kier alpha value is -0.870. The highest BCUT2D eigenvalue weighted by atomic mass is 35.5. The summed E-state index contributed by atoms with van der Waals surface area (Å²) in [6.45, 7) is 3.33. The third-order valence-corrected chi connectivity index (χ3v) is 3.01. The molecule has 1 aromatic heterocycles. The summed E-state index contributed by atoms with van der Waals surface area (Å²) in [5, 5.41) is 0.311. The lowest BCUT2D eigenvalue weighted by Gasteiger charge is -2.48. The van der Waals surface area contributed by atoms with Crippen LogP contribution in [0.15, 0.2) is 12.3 Å². The molecular weight excluding hydrogens is 217 g/mol. The Balaban J connectivity index is 2.13. The van der Waals surface area contributed by atoms with Crippen molar-refractivity contribution < 1.29 is 4.39 Å². The van der Waals surface area contributed by atoms with Gasteiger partial charge >= 0.3 is 0 Å².